The van der Waals surface area contributed by atoms with E-state index in [4.69, 9.17) is 9.84 Å². The lowest BCUT2D eigenvalue weighted by atomic mass is 9.71. The van der Waals surface area contributed by atoms with Crippen molar-refractivity contribution in [2.75, 3.05) is 6.61 Å². The van der Waals surface area contributed by atoms with Gasteiger partial charge in [-0.15, -0.1) is 0 Å². The molecule has 0 bridgehead atoms. The van der Waals surface area contributed by atoms with Gasteiger partial charge in [0.25, 0.3) is 0 Å². The quantitative estimate of drug-likeness (QED) is 0.482. The summed E-state index contributed by atoms with van der Waals surface area (Å²) in [6.45, 7) is 2.76. The molecule has 4 heteroatoms. The SMILES string of the molecule is CCCCC1(COC(=O)CCCCC(=O)O)CCCCC1. The second-order valence-electron chi connectivity index (χ2n) is 6.43. The minimum absolute atomic E-state index is 0.133. The molecule has 0 aliphatic heterocycles. The van der Waals surface area contributed by atoms with E-state index in [2.05, 4.69) is 6.92 Å². The fourth-order valence-corrected chi connectivity index (χ4v) is 3.17. The Morgan fingerprint density at radius 3 is 2.33 bits per heavy atom. The minimum atomic E-state index is -0.802. The maximum absolute atomic E-state index is 11.8. The molecule has 0 radical (unpaired) electrons. The van der Waals surface area contributed by atoms with Gasteiger partial charge in [-0.2, -0.15) is 0 Å². The Kier molecular flexibility index (Phi) is 8.40. The van der Waals surface area contributed by atoms with Crippen LogP contribution >= 0.6 is 0 Å². The molecule has 1 fully saturated rings. The van der Waals surface area contributed by atoms with Crippen molar-refractivity contribution < 1.29 is 19.4 Å². The number of carbonyl (C=O) groups excluding carboxylic acids is 1. The monoisotopic (exact) mass is 298 g/mol. The van der Waals surface area contributed by atoms with Crippen LogP contribution in [0.25, 0.3) is 0 Å². The first-order valence-corrected chi connectivity index (χ1v) is 8.45. The summed E-state index contributed by atoms with van der Waals surface area (Å²) < 4.78 is 5.50. The Bertz CT molecular complexity index is 319. The van der Waals surface area contributed by atoms with E-state index in [0.717, 1.165) is 6.42 Å². The summed E-state index contributed by atoms with van der Waals surface area (Å²) in [5.41, 5.74) is 0.213. The Labute approximate surface area is 128 Å². The lowest BCUT2D eigenvalue weighted by molar-refractivity contribution is -0.149. The highest BCUT2D eigenvalue weighted by Crippen LogP contribution is 2.40. The van der Waals surface area contributed by atoms with E-state index < -0.39 is 5.97 Å². The summed E-state index contributed by atoms with van der Waals surface area (Å²) in [6.07, 6.45) is 11.3. The third kappa shape index (κ3) is 7.49. The molecule has 0 heterocycles. The van der Waals surface area contributed by atoms with Crippen LogP contribution in [0.3, 0.4) is 0 Å². The van der Waals surface area contributed by atoms with Crippen LogP contribution in [0, 0.1) is 5.41 Å². The number of rotatable bonds is 10. The normalized spacial score (nSPS) is 17.4. The first kappa shape index (κ1) is 18.0. The molecule has 0 atom stereocenters. The molecule has 0 aromatic rings. The molecule has 0 saturated heterocycles. The van der Waals surface area contributed by atoms with Crippen molar-refractivity contribution in [1.29, 1.82) is 0 Å². The molecular weight excluding hydrogens is 268 g/mol. The molecule has 0 aromatic carbocycles. The summed E-state index contributed by atoms with van der Waals surface area (Å²) in [5, 5.41) is 8.55. The Hall–Kier alpha value is -1.06. The summed E-state index contributed by atoms with van der Waals surface area (Å²) in [5.74, 6) is -0.967. The van der Waals surface area contributed by atoms with E-state index in [1.54, 1.807) is 0 Å². The third-order valence-corrected chi connectivity index (χ3v) is 4.54. The zero-order chi connectivity index (χ0) is 15.6. The van der Waals surface area contributed by atoms with Crippen LogP contribution in [0.2, 0.25) is 0 Å². The predicted octanol–water partition coefficient (Wildman–Crippen LogP) is 4.32. The van der Waals surface area contributed by atoms with E-state index in [1.165, 1.54) is 44.9 Å². The van der Waals surface area contributed by atoms with Gasteiger partial charge in [0, 0.05) is 18.3 Å². The van der Waals surface area contributed by atoms with Gasteiger partial charge < -0.3 is 9.84 Å². The van der Waals surface area contributed by atoms with Gasteiger partial charge in [0.15, 0.2) is 0 Å². The number of hydrogen-bond donors (Lipinski definition) is 1. The number of hydrogen-bond acceptors (Lipinski definition) is 3. The molecule has 1 aliphatic carbocycles. The molecule has 1 saturated carbocycles. The molecule has 1 N–H and O–H groups in total. The van der Waals surface area contributed by atoms with Crippen molar-refractivity contribution in [2.45, 2.75) is 84.0 Å². The van der Waals surface area contributed by atoms with Crippen LogP contribution in [0.4, 0.5) is 0 Å². The molecule has 4 nitrogen and oxygen atoms in total. The molecule has 0 amide bonds. The van der Waals surface area contributed by atoms with Crippen molar-refractivity contribution in [3.05, 3.63) is 0 Å². The van der Waals surface area contributed by atoms with Gasteiger partial charge in [-0.25, -0.2) is 0 Å². The lowest BCUT2D eigenvalue weighted by Gasteiger charge is -2.36. The van der Waals surface area contributed by atoms with Crippen molar-refractivity contribution >= 4 is 11.9 Å². The summed E-state index contributed by atoms with van der Waals surface area (Å²) in [7, 11) is 0. The second kappa shape index (κ2) is 9.80. The first-order valence-electron chi connectivity index (χ1n) is 8.45. The van der Waals surface area contributed by atoms with Gasteiger partial charge in [0.1, 0.15) is 0 Å². The number of aliphatic carboxylic acids is 1. The van der Waals surface area contributed by atoms with Crippen molar-refractivity contribution in [3.63, 3.8) is 0 Å². The van der Waals surface area contributed by atoms with Crippen LogP contribution in [0.5, 0.6) is 0 Å². The third-order valence-electron chi connectivity index (χ3n) is 4.54. The van der Waals surface area contributed by atoms with Gasteiger partial charge in [0.2, 0.25) is 0 Å². The summed E-state index contributed by atoms with van der Waals surface area (Å²) in [4.78, 5) is 22.2. The highest BCUT2D eigenvalue weighted by Gasteiger charge is 2.32. The number of ether oxygens (including phenoxy) is 1. The molecule has 21 heavy (non-hydrogen) atoms. The smallest absolute Gasteiger partial charge is 0.305 e. The van der Waals surface area contributed by atoms with E-state index in [0.29, 0.717) is 25.9 Å². The van der Waals surface area contributed by atoms with Gasteiger partial charge in [-0.1, -0.05) is 39.0 Å². The maximum atomic E-state index is 11.8. The van der Waals surface area contributed by atoms with Gasteiger partial charge >= 0.3 is 11.9 Å². The molecule has 0 unspecified atom stereocenters. The Balaban J connectivity index is 2.28. The standard InChI is InChI=1S/C17H30O4/c1-2-3-11-17(12-7-4-8-13-17)14-21-16(20)10-6-5-9-15(18)19/h2-14H2,1H3,(H,18,19). The highest BCUT2D eigenvalue weighted by atomic mass is 16.5. The van der Waals surface area contributed by atoms with E-state index >= 15 is 0 Å². The summed E-state index contributed by atoms with van der Waals surface area (Å²) >= 11 is 0. The number of unbranched alkanes of at least 4 members (excludes halogenated alkanes) is 2. The number of carboxylic acid groups (broad SMARTS) is 1. The fourth-order valence-electron chi connectivity index (χ4n) is 3.17. The van der Waals surface area contributed by atoms with Crippen LogP contribution in [-0.4, -0.2) is 23.7 Å². The van der Waals surface area contributed by atoms with Gasteiger partial charge in [-0.3, -0.25) is 9.59 Å². The predicted molar refractivity (Wildman–Crippen MR) is 82.1 cm³/mol. The molecule has 0 spiro atoms. The van der Waals surface area contributed by atoms with Gasteiger partial charge in [-0.05, 0) is 32.1 Å². The average molecular weight is 298 g/mol. The fraction of sp³-hybridized carbons (Fsp3) is 0.882. The highest BCUT2D eigenvalue weighted by molar-refractivity contribution is 5.69. The molecular formula is C17H30O4. The van der Waals surface area contributed by atoms with Crippen molar-refractivity contribution in [1.82, 2.24) is 0 Å². The zero-order valence-corrected chi connectivity index (χ0v) is 13.4. The Morgan fingerprint density at radius 1 is 1.05 bits per heavy atom. The number of esters is 1. The molecule has 1 aliphatic rings. The number of carboxylic acids is 1. The Morgan fingerprint density at radius 2 is 1.71 bits per heavy atom. The lowest BCUT2D eigenvalue weighted by Crippen LogP contribution is -2.31. The zero-order valence-electron chi connectivity index (χ0n) is 13.4. The minimum Gasteiger partial charge on any atom is -0.481 e. The molecule has 0 aromatic heterocycles. The molecule has 1 rings (SSSR count). The van der Waals surface area contributed by atoms with Crippen molar-refractivity contribution in [3.8, 4) is 0 Å². The summed E-state index contributed by atoms with van der Waals surface area (Å²) in [6, 6.07) is 0. The van der Waals surface area contributed by atoms with E-state index in [1.807, 2.05) is 0 Å². The van der Waals surface area contributed by atoms with Crippen LogP contribution < -0.4 is 0 Å². The average Bonchev–Trinajstić information content (AvgIpc) is 2.48. The van der Waals surface area contributed by atoms with Gasteiger partial charge in [0.05, 0.1) is 6.61 Å². The van der Waals surface area contributed by atoms with Crippen LogP contribution in [0.15, 0.2) is 0 Å². The van der Waals surface area contributed by atoms with Crippen LogP contribution in [-0.2, 0) is 14.3 Å². The largest absolute Gasteiger partial charge is 0.481 e. The van der Waals surface area contributed by atoms with E-state index in [9.17, 15) is 9.59 Å². The maximum Gasteiger partial charge on any atom is 0.305 e. The topological polar surface area (TPSA) is 63.6 Å². The molecule has 122 valence electrons. The first-order chi connectivity index (χ1) is 10.1. The number of carbonyl (C=O) groups is 2. The second-order valence-corrected chi connectivity index (χ2v) is 6.43. The van der Waals surface area contributed by atoms with Crippen molar-refractivity contribution in [2.24, 2.45) is 5.41 Å². The van der Waals surface area contributed by atoms with E-state index in [-0.39, 0.29) is 17.8 Å². The van der Waals surface area contributed by atoms with Crippen LogP contribution in [0.1, 0.15) is 84.0 Å².